The van der Waals surface area contributed by atoms with Crippen molar-refractivity contribution in [3.8, 4) is 0 Å². The van der Waals surface area contributed by atoms with Gasteiger partial charge in [0.2, 0.25) is 0 Å². The van der Waals surface area contributed by atoms with Gasteiger partial charge in [0, 0.05) is 6.54 Å². The van der Waals surface area contributed by atoms with Gasteiger partial charge in [-0.3, -0.25) is 9.74 Å². The van der Waals surface area contributed by atoms with Crippen LogP contribution in [0, 0.1) is 0 Å². The summed E-state index contributed by atoms with van der Waals surface area (Å²) >= 11 is 0. The molecule has 1 heterocycles. The lowest BCUT2D eigenvalue weighted by Gasteiger charge is -2.39. The van der Waals surface area contributed by atoms with Crippen LogP contribution >= 0.6 is 0 Å². The molecule has 2 aromatic carbocycles. The van der Waals surface area contributed by atoms with Crippen LogP contribution in [0.1, 0.15) is 44.7 Å². The molecule has 1 aliphatic heterocycles. The molecule has 1 aliphatic rings. The minimum atomic E-state index is -0.672. The van der Waals surface area contributed by atoms with Crippen LogP contribution in [-0.2, 0) is 32.4 Å². The highest BCUT2D eigenvalue weighted by Crippen LogP contribution is 2.21. The number of carbonyl (C=O) groups is 2. The maximum absolute atomic E-state index is 13.0. The molecule has 11 heteroatoms. The first kappa shape index (κ1) is 29.7. The van der Waals surface area contributed by atoms with Gasteiger partial charge in [-0.2, -0.15) is 5.48 Å². The van der Waals surface area contributed by atoms with Gasteiger partial charge in [-0.1, -0.05) is 65.8 Å². The minimum absolute atomic E-state index is 0.0812. The maximum atomic E-state index is 13.0. The number of ether oxygens (including phenoxy) is 2. The summed E-state index contributed by atoms with van der Waals surface area (Å²) in [5.41, 5.74) is 10.5. The molecule has 0 aromatic heterocycles. The predicted octanol–water partition coefficient (Wildman–Crippen LogP) is 3.69. The van der Waals surface area contributed by atoms with E-state index in [0.29, 0.717) is 26.0 Å². The first-order valence-electron chi connectivity index (χ1n) is 13.0. The lowest BCUT2D eigenvalue weighted by Crippen LogP contribution is -2.57. The van der Waals surface area contributed by atoms with E-state index in [1.165, 1.54) is 0 Å². The summed E-state index contributed by atoms with van der Waals surface area (Å²) in [5.74, 6) is 0.149. The molecule has 39 heavy (non-hydrogen) atoms. The zero-order valence-electron chi connectivity index (χ0n) is 22.8. The number of amides is 2. The number of likely N-dealkylation sites (tertiary alicyclic amines) is 1. The van der Waals surface area contributed by atoms with Gasteiger partial charge >= 0.3 is 12.2 Å². The normalized spacial score (nSPS) is 17.8. The van der Waals surface area contributed by atoms with E-state index in [1.807, 2.05) is 60.7 Å². The smallest absolute Gasteiger partial charge is 0.410 e. The molecular formula is C28H39N5O6. The molecule has 0 saturated carbocycles. The molecule has 2 aromatic rings. The fraction of sp³-hybridized carbons (Fsp3) is 0.464. The Morgan fingerprint density at radius 2 is 1.64 bits per heavy atom. The third-order valence-corrected chi connectivity index (χ3v) is 5.73. The molecule has 1 saturated heterocycles. The molecule has 4 N–H and O–H groups in total. The summed E-state index contributed by atoms with van der Waals surface area (Å²) in [6.07, 6.45) is 0.178. The van der Waals surface area contributed by atoms with Crippen LogP contribution < -0.4 is 16.5 Å². The van der Waals surface area contributed by atoms with Crippen LogP contribution in [0.3, 0.4) is 0 Å². The number of hydrogen-bond donors (Lipinski definition) is 3. The fourth-order valence-electron chi connectivity index (χ4n) is 3.87. The zero-order valence-corrected chi connectivity index (χ0v) is 22.8. The number of oxime groups is 1. The quantitative estimate of drug-likeness (QED) is 0.170. The maximum Gasteiger partial charge on any atom is 0.410 e. The number of nitrogens with zero attached hydrogens (tertiary/aromatic N) is 2. The Labute approximate surface area is 229 Å². The molecule has 0 unspecified atom stereocenters. The van der Waals surface area contributed by atoms with Crippen LogP contribution in [0.5, 0.6) is 0 Å². The largest absolute Gasteiger partial charge is 0.445 e. The van der Waals surface area contributed by atoms with Crippen molar-refractivity contribution in [1.29, 1.82) is 0 Å². The van der Waals surface area contributed by atoms with E-state index in [1.54, 1.807) is 25.7 Å². The number of hydroxylamine groups is 1. The molecule has 2 amide bonds. The molecule has 3 rings (SSSR count). The van der Waals surface area contributed by atoms with E-state index < -0.39 is 23.8 Å². The minimum Gasteiger partial charge on any atom is -0.445 e. The number of hydrogen-bond acceptors (Lipinski definition) is 8. The van der Waals surface area contributed by atoms with Gasteiger partial charge < -0.3 is 25.4 Å². The number of alkyl carbamates (subject to hydrolysis) is 1. The first-order chi connectivity index (χ1) is 18.7. The molecule has 1 fully saturated rings. The topological polar surface area (TPSA) is 137 Å². The van der Waals surface area contributed by atoms with Crippen LogP contribution in [0.15, 0.2) is 65.8 Å². The van der Waals surface area contributed by atoms with Crippen molar-refractivity contribution >= 4 is 18.0 Å². The predicted molar refractivity (Wildman–Crippen MR) is 146 cm³/mol. The standard InChI is InChI=1S/C28H39N5O6/c1-28(2,3)39-27(35)33-18-23(31-38-20-22-12-8-5-9-13-22)14-15-24(33)25(29)32-37-17-16-30-26(34)36-19-21-10-6-4-7-11-21/h4-13,23-24,31H,14-20H2,1-3H3,(H2,29,32)(H,30,34)/t23-,24+/m1/s1. The highest BCUT2D eigenvalue weighted by atomic mass is 16.6. The Morgan fingerprint density at radius 3 is 2.28 bits per heavy atom. The highest BCUT2D eigenvalue weighted by molar-refractivity contribution is 5.88. The second kappa shape index (κ2) is 14.9. The van der Waals surface area contributed by atoms with Crippen molar-refractivity contribution in [2.45, 2.75) is 64.5 Å². The van der Waals surface area contributed by atoms with E-state index in [2.05, 4.69) is 16.0 Å². The Hall–Kier alpha value is -3.83. The van der Waals surface area contributed by atoms with Crippen molar-refractivity contribution in [2.24, 2.45) is 10.9 Å². The van der Waals surface area contributed by atoms with Gasteiger partial charge in [0.1, 0.15) is 18.8 Å². The number of nitrogens with two attached hydrogens (primary N) is 1. The van der Waals surface area contributed by atoms with E-state index in [0.717, 1.165) is 11.1 Å². The monoisotopic (exact) mass is 541 g/mol. The van der Waals surface area contributed by atoms with Crippen molar-refractivity contribution in [1.82, 2.24) is 15.7 Å². The van der Waals surface area contributed by atoms with Crippen LogP contribution in [0.25, 0.3) is 0 Å². The van der Waals surface area contributed by atoms with Crippen molar-refractivity contribution in [3.05, 3.63) is 71.8 Å². The van der Waals surface area contributed by atoms with E-state index in [4.69, 9.17) is 24.9 Å². The number of amidine groups is 1. The van der Waals surface area contributed by atoms with E-state index in [9.17, 15) is 9.59 Å². The van der Waals surface area contributed by atoms with Crippen molar-refractivity contribution < 1.29 is 28.7 Å². The van der Waals surface area contributed by atoms with Gasteiger partial charge in [0.05, 0.1) is 25.2 Å². The SMILES string of the molecule is CC(C)(C)OC(=O)N1C[C@H](NOCc2ccccc2)CC[C@H]1C(N)=NOCCNC(=O)OCc1ccccc1. The number of nitrogens with one attached hydrogen (secondary N) is 2. The Balaban J connectivity index is 1.46. The molecule has 11 nitrogen and oxygen atoms in total. The summed E-state index contributed by atoms with van der Waals surface area (Å²) in [5, 5.41) is 6.59. The molecule has 0 aliphatic carbocycles. The molecule has 0 bridgehead atoms. The second-order valence-corrected chi connectivity index (χ2v) is 10.2. The molecule has 0 radical (unpaired) electrons. The number of carbonyl (C=O) groups excluding carboxylic acids is 2. The molecule has 2 atom stereocenters. The average Bonchev–Trinajstić information content (AvgIpc) is 2.92. The Morgan fingerprint density at radius 1 is 1.00 bits per heavy atom. The third-order valence-electron chi connectivity index (χ3n) is 5.73. The fourth-order valence-corrected chi connectivity index (χ4v) is 3.87. The summed E-state index contributed by atoms with van der Waals surface area (Å²) in [6, 6.07) is 18.6. The van der Waals surface area contributed by atoms with Gasteiger partial charge in [0.25, 0.3) is 0 Å². The Kier molecular flexibility index (Phi) is 11.4. The molecular weight excluding hydrogens is 502 g/mol. The van der Waals surface area contributed by atoms with Gasteiger partial charge in [0.15, 0.2) is 5.84 Å². The summed E-state index contributed by atoms with van der Waals surface area (Å²) in [4.78, 5) is 37.4. The van der Waals surface area contributed by atoms with Crippen LogP contribution in [-0.4, -0.2) is 60.3 Å². The van der Waals surface area contributed by atoms with Gasteiger partial charge in [-0.15, -0.1) is 0 Å². The number of rotatable bonds is 11. The van der Waals surface area contributed by atoms with Gasteiger partial charge in [-0.25, -0.2) is 9.59 Å². The first-order valence-corrected chi connectivity index (χ1v) is 13.0. The number of benzene rings is 2. The number of piperidine rings is 1. The van der Waals surface area contributed by atoms with Crippen LogP contribution in [0.4, 0.5) is 9.59 Å². The average molecular weight is 542 g/mol. The van der Waals surface area contributed by atoms with Crippen molar-refractivity contribution in [2.75, 3.05) is 19.7 Å². The summed E-state index contributed by atoms with van der Waals surface area (Å²) < 4.78 is 10.8. The third kappa shape index (κ3) is 10.8. The zero-order chi connectivity index (χ0) is 28.1. The summed E-state index contributed by atoms with van der Waals surface area (Å²) in [7, 11) is 0. The van der Waals surface area contributed by atoms with Crippen molar-refractivity contribution in [3.63, 3.8) is 0 Å². The van der Waals surface area contributed by atoms with E-state index in [-0.39, 0.29) is 31.6 Å². The lowest BCUT2D eigenvalue weighted by atomic mass is 9.98. The molecule has 212 valence electrons. The van der Waals surface area contributed by atoms with E-state index >= 15 is 0 Å². The lowest BCUT2D eigenvalue weighted by molar-refractivity contribution is -0.0276. The second-order valence-electron chi connectivity index (χ2n) is 10.2. The van der Waals surface area contributed by atoms with Gasteiger partial charge in [-0.05, 0) is 44.7 Å². The Bertz CT molecular complexity index is 1060. The summed E-state index contributed by atoms with van der Waals surface area (Å²) in [6.45, 7) is 6.57. The highest BCUT2D eigenvalue weighted by Gasteiger charge is 2.37. The van der Waals surface area contributed by atoms with Crippen LogP contribution in [0.2, 0.25) is 0 Å². The molecule has 0 spiro atoms.